The van der Waals surface area contributed by atoms with Crippen LogP contribution in [0.5, 0.6) is 5.75 Å². The molecule has 0 amide bonds. The van der Waals surface area contributed by atoms with Gasteiger partial charge in [0.15, 0.2) is 0 Å². The highest BCUT2D eigenvalue weighted by atomic mass is 16.5. The quantitative estimate of drug-likeness (QED) is 0.518. The van der Waals surface area contributed by atoms with Gasteiger partial charge in [-0.15, -0.1) is 0 Å². The van der Waals surface area contributed by atoms with Gasteiger partial charge < -0.3 is 25.4 Å². The van der Waals surface area contributed by atoms with Crippen molar-refractivity contribution in [3.63, 3.8) is 0 Å². The zero-order chi connectivity index (χ0) is 14.1. The van der Waals surface area contributed by atoms with Crippen molar-refractivity contribution in [3.8, 4) is 5.75 Å². The summed E-state index contributed by atoms with van der Waals surface area (Å²) < 4.78 is 5.48. The molecule has 0 bridgehead atoms. The highest BCUT2D eigenvalue weighted by Crippen LogP contribution is 2.13. The first-order valence-electron chi connectivity index (χ1n) is 6.49. The Balaban J connectivity index is 2.53. The van der Waals surface area contributed by atoms with E-state index >= 15 is 0 Å². The molecule has 0 unspecified atom stereocenters. The smallest absolute Gasteiger partial charge is 0.119 e. The van der Waals surface area contributed by atoms with Gasteiger partial charge in [0.1, 0.15) is 5.75 Å². The Hall–Kier alpha value is -1.14. The number of hydrogen-bond acceptors (Lipinski definition) is 5. The molecule has 0 aromatic heterocycles. The molecule has 0 aliphatic rings. The first kappa shape index (κ1) is 15.9. The molecule has 19 heavy (non-hydrogen) atoms. The summed E-state index contributed by atoms with van der Waals surface area (Å²) in [5, 5.41) is 30.6. The molecule has 5 nitrogen and oxygen atoms in total. The van der Waals surface area contributed by atoms with E-state index in [-0.39, 0.29) is 19.8 Å². The Morgan fingerprint density at radius 1 is 1.05 bits per heavy atom. The van der Waals surface area contributed by atoms with Crippen LogP contribution in [0.25, 0.3) is 0 Å². The number of ether oxygens (including phenoxy) is 1. The van der Waals surface area contributed by atoms with Gasteiger partial charge in [-0.3, -0.25) is 0 Å². The summed E-state index contributed by atoms with van der Waals surface area (Å²) in [6, 6.07) is 7.58. The Kier molecular flexibility index (Phi) is 6.80. The molecule has 1 rings (SSSR count). The monoisotopic (exact) mass is 269 g/mol. The maximum absolute atomic E-state index is 9.19. The maximum Gasteiger partial charge on any atom is 0.119 e. The van der Waals surface area contributed by atoms with Gasteiger partial charge in [-0.2, -0.15) is 0 Å². The molecule has 0 saturated heterocycles. The topological polar surface area (TPSA) is 82.0 Å². The van der Waals surface area contributed by atoms with Crippen molar-refractivity contribution in [2.24, 2.45) is 0 Å². The predicted octanol–water partition coefficient (Wildman–Crippen LogP) is 0.281. The lowest BCUT2D eigenvalue weighted by Crippen LogP contribution is -2.54. The van der Waals surface area contributed by atoms with Crippen LogP contribution in [0.3, 0.4) is 0 Å². The lowest BCUT2D eigenvalue weighted by atomic mass is 10.0. The Labute approximate surface area is 113 Å². The minimum Gasteiger partial charge on any atom is -0.494 e. The van der Waals surface area contributed by atoms with E-state index in [0.29, 0.717) is 13.2 Å². The largest absolute Gasteiger partial charge is 0.494 e. The fourth-order valence-electron chi connectivity index (χ4n) is 1.53. The van der Waals surface area contributed by atoms with Crippen molar-refractivity contribution in [3.05, 3.63) is 29.8 Å². The van der Waals surface area contributed by atoms with Crippen LogP contribution in [0.15, 0.2) is 24.3 Å². The molecule has 0 heterocycles. The normalized spacial score (nSPS) is 11.6. The molecule has 5 heteroatoms. The molecule has 0 fully saturated rings. The molecule has 108 valence electrons. The van der Waals surface area contributed by atoms with Crippen LogP contribution < -0.4 is 10.1 Å². The average molecular weight is 269 g/mol. The summed E-state index contributed by atoms with van der Waals surface area (Å²) in [6.45, 7) is 2.24. The van der Waals surface area contributed by atoms with Crippen molar-refractivity contribution in [1.29, 1.82) is 0 Å². The minimum atomic E-state index is -1.04. The van der Waals surface area contributed by atoms with E-state index in [1.165, 1.54) is 0 Å². The second-order valence-electron chi connectivity index (χ2n) is 4.60. The van der Waals surface area contributed by atoms with Crippen molar-refractivity contribution in [1.82, 2.24) is 5.32 Å². The van der Waals surface area contributed by atoms with E-state index in [1.54, 1.807) is 0 Å². The molecule has 0 aliphatic carbocycles. The fourth-order valence-corrected chi connectivity index (χ4v) is 1.53. The van der Waals surface area contributed by atoms with Crippen molar-refractivity contribution >= 4 is 0 Å². The second-order valence-corrected chi connectivity index (χ2v) is 4.60. The lowest BCUT2D eigenvalue weighted by molar-refractivity contribution is 0.0414. The van der Waals surface area contributed by atoms with Crippen molar-refractivity contribution < 1.29 is 20.1 Å². The van der Waals surface area contributed by atoms with Crippen LogP contribution in [-0.4, -0.2) is 47.3 Å². The number of benzene rings is 1. The van der Waals surface area contributed by atoms with Gasteiger partial charge in [0.05, 0.1) is 32.0 Å². The molecule has 1 aromatic carbocycles. The molecular formula is C14H23NO4. The maximum atomic E-state index is 9.19. The summed E-state index contributed by atoms with van der Waals surface area (Å²) >= 11 is 0. The second kappa shape index (κ2) is 8.12. The number of rotatable bonds is 9. The molecule has 1 aromatic rings. The molecule has 0 saturated carbocycles. The Bertz CT molecular complexity index is 341. The summed E-state index contributed by atoms with van der Waals surface area (Å²) in [6.07, 6.45) is 0.968. The van der Waals surface area contributed by atoms with E-state index < -0.39 is 5.54 Å². The van der Waals surface area contributed by atoms with E-state index in [1.807, 2.05) is 24.3 Å². The van der Waals surface area contributed by atoms with Crippen LogP contribution in [0, 0.1) is 0 Å². The van der Waals surface area contributed by atoms with Gasteiger partial charge in [-0.05, 0) is 24.1 Å². The summed E-state index contributed by atoms with van der Waals surface area (Å²) in [4.78, 5) is 0. The van der Waals surface area contributed by atoms with E-state index in [9.17, 15) is 15.3 Å². The molecule has 0 spiro atoms. The zero-order valence-corrected chi connectivity index (χ0v) is 11.3. The highest BCUT2D eigenvalue weighted by molar-refractivity contribution is 5.27. The first-order valence-corrected chi connectivity index (χ1v) is 6.49. The van der Waals surface area contributed by atoms with E-state index in [2.05, 4.69) is 12.2 Å². The summed E-state index contributed by atoms with van der Waals surface area (Å²) in [5.74, 6) is 0.823. The number of aliphatic hydroxyl groups is 3. The highest BCUT2D eigenvalue weighted by Gasteiger charge is 2.26. The van der Waals surface area contributed by atoms with Crippen LogP contribution in [0.4, 0.5) is 0 Å². The predicted molar refractivity (Wildman–Crippen MR) is 73.1 cm³/mol. The van der Waals surface area contributed by atoms with Gasteiger partial charge in [0, 0.05) is 6.54 Å². The Morgan fingerprint density at radius 3 is 2.11 bits per heavy atom. The van der Waals surface area contributed by atoms with Crippen LogP contribution >= 0.6 is 0 Å². The molecule has 4 N–H and O–H groups in total. The first-order chi connectivity index (χ1) is 9.19. The van der Waals surface area contributed by atoms with Gasteiger partial charge in [-0.25, -0.2) is 0 Å². The average Bonchev–Trinajstić information content (AvgIpc) is 2.48. The van der Waals surface area contributed by atoms with Gasteiger partial charge in [0.2, 0.25) is 0 Å². The van der Waals surface area contributed by atoms with E-state index in [4.69, 9.17) is 4.74 Å². The van der Waals surface area contributed by atoms with Gasteiger partial charge in [0.25, 0.3) is 0 Å². The van der Waals surface area contributed by atoms with Crippen molar-refractivity contribution in [2.75, 3.05) is 26.4 Å². The third-order valence-corrected chi connectivity index (χ3v) is 2.97. The van der Waals surface area contributed by atoms with Crippen LogP contribution in [0.1, 0.15) is 18.9 Å². The van der Waals surface area contributed by atoms with Crippen LogP contribution in [0.2, 0.25) is 0 Å². The van der Waals surface area contributed by atoms with E-state index in [0.717, 1.165) is 17.7 Å². The number of aliphatic hydroxyl groups excluding tert-OH is 3. The third-order valence-electron chi connectivity index (χ3n) is 2.97. The van der Waals surface area contributed by atoms with Crippen LogP contribution in [-0.2, 0) is 6.54 Å². The standard InChI is InChI=1S/C14H23NO4/c1-2-7-19-13-5-3-12(4-6-13)8-15-14(9-16,10-17)11-18/h3-6,15-18H,2,7-11H2,1H3. The minimum absolute atomic E-state index is 0.322. The van der Waals surface area contributed by atoms with Gasteiger partial charge in [-0.1, -0.05) is 19.1 Å². The SMILES string of the molecule is CCCOc1ccc(CNC(CO)(CO)CO)cc1. The molecule has 0 atom stereocenters. The number of hydrogen-bond donors (Lipinski definition) is 4. The zero-order valence-electron chi connectivity index (χ0n) is 11.3. The third kappa shape index (κ3) is 4.80. The molecule has 0 radical (unpaired) electrons. The number of nitrogens with one attached hydrogen (secondary N) is 1. The molecular weight excluding hydrogens is 246 g/mol. The fraction of sp³-hybridized carbons (Fsp3) is 0.571. The summed E-state index contributed by atoms with van der Waals surface area (Å²) in [5.41, 5.74) is -0.0548. The Morgan fingerprint density at radius 2 is 1.63 bits per heavy atom. The van der Waals surface area contributed by atoms with Gasteiger partial charge >= 0.3 is 0 Å². The summed E-state index contributed by atoms with van der Waals surface area (Å²) in [7, 11) is 0. The lowest BCUT2D eigenvalue weighted by Gasteiger charge is -2.28. The molecule has 0 aliphatic heterocycles. The van der Waals surface area contributed by atoms with Crippen molar-refractivity contribution in [2.45, 2.75) is 25.4 Å².